The van der Waals surface area contributed by atoms with Gasteiger partial charge < -0.3 is 0 Å². The minimum atomic E-state index is -0.131. The molecule has 0 aliphatic heterocycles. The van der Waals surface area contributed by atoms with Crippen molar-refractivity contribution in [2.24, 2.45) is 0 Å². The van der Waals surface area contributed by atoms with Crippen LogP contribution in [-0.4, -0.2) is 23.2 Å². The smallest absolute Gasteiger partial charge is 0.236 e. The van der Waals surface area contributed by atoms with Crippen LogP contribution in [0.5, 0.6) is 0 Å². The summed E-state index contributed by atoms with van der Waals surface area (Å²) in [5, 5.41) is 10.2. The van der Waals surface area contributed by atoms with Gasteiger partial charge in [0.25, 0.3) is 0 Å². The van der Waals surface area contributed by atoms with Crippen molar-refractivity contribution in [3.05, 3.63) is 27.9 Å². The van der Waals surface area contributed by atoms with Crippen molar-refractivity contribution in [2.45, 2.75) is 12.8 Å². The first-order valence-corrected chi connectivity index (χ1v) is 6.53. The molecule has 0 aliphatic carbocycles. The molecular weight excluding hydrogens is 242 g/mol. The number of thiophene rings is 1. The van der Waals surface area contributed by atoms with Gasteiger partial charge in [0.1, 0.15) is 5.51 Å². The Labute approximate surface area is 102 Å². The van der Waals surface area contributed by atoms with Crippen LogP contribution in [0.4, 0.5) is 5.13 Å². The molecule has 1 atom stereocenters. The molecule has 6 heteroatoms. The highest BCUT2D eigenvalue weighted by molar-refractivity contribution is 7.13. The summed E-state index contributed by atoms with van der Waals surface area (Å²) in [4.78, 5) is 14.7. The van der Waals surface area contributed by atoms with Gasteiger partial charge >= 0.3 is 0 Å². The summed E-state index contributed by atoms with van der Waals surface area (Å²) in [6, 6.07) is 3.93. The summed E-state index contributed by atoms with van der Waals surface area (Å²) in [6.07, 6.45) is 0. The zero-order chi connectivity index (χ0) is 11.5. The third-order valence-corrected chi connectivity index (χ3v) is 4.13. The second-order valence-corrected chi connectivity index (χ2v) is 5.15. The van der Waals surface area contributed by atoms with Gasteiger partial charge in [-0.25, -0.2) is 0 Å². The van der Waals surface area contributed by atoms with E-state index in [2.05, 4.69) is 10.2 Å². The van der Waals surface area contributed by atoms with Gasteiger partial charge in [-0.1, -0.05) is 17.4 Å². The highest BCUT2D eigenvalue weighted by Crippen LogP contribution is 2.25. The molecule has 16 heavy (non-hydrogen) atoms. The van der Waals surface area contributed by atoms with Crippen LogP contribution < -0.4 is 4.90 Å². The summed E-state index contributed by atoms with van der Waals surface area (Å²) in [6.45, 7) is 1.91. The van der Waals surface area contributed by atoms with Crippen LogP contribution in [0, 0.1) is 0 Å². The summed E-state index contributed by atoms with van der Waals surface area (Å²) < 4.78 is 0. The number of hydrogen-bond acceptors (Lipinski definition) is 5. The average Bonchev–Trinajstić information content (AvgIpc) is 2.97. The Morgan fingerprint density at radius 2 is 2.31 bits per heavy atom. The van der Waals surface area contributed by atoms with Crippen LogP contribution in [-0.2, 0) is 4.79 Å². The Morgan fingerprint density at radius 1 is 1.50 bits per heavy atom. The van der Waals surface area contributed by atoms with Gasteiger partial charge in [-0.15, -0.1) is 21.5 Å². The van der Waals surface area contributed by atoms with Gasteiger partial charge in [0.15, 0.2) is 0 Å². The SMILES string of the molecule is C[C@H](C(=O)N(C)c1nncs1)c1cccs1. The molecule has 2 aromatic rings. The maximum absolute atomic E-state index is 12.1. The zero-order valence-corrected chi connectivity index (χ0v) is 10.6. The zero-order valence-electron chi connectivity index (χ0n) is 8.95. The molecule has 0 N–H and O–H groups in total. The Bertz CT molecular complexity index is 410. The molecule has 2 aromatic heterocycles. The minimum absolute atomic E-state index is 0.0409. The summed E-state index contributed by atoms with van der Waals surface area (Å²) in [5.74, 6) is -0.0897. The molecule has 4 nitrogen and oxygen atoms in total. The van der Waals surface area contributed by atoms with Gasteiger partial charge in [0.2, 0.25) is 11.0 Å². The minimum Gasteiger partial charge on any atom is -0.289 e. The van der Waals surface area contributed by atoms with Crippen LogP contribution in [0.15, 0.2) is 23.0 Å². The van der Waals surface area contributed by atoms with Gasteiger partial charge in [-0.05, 0) is 18.4 Å². The van der Waals surface area contributed by atoms with Crippen molar-refractivity contribution >= 4 is 33.7 Å². The maximum Gasteiger partial charge on any atom is 0.236 e. The Hall–Kier alpha value is -1.27. The first-order valence-electron chi connectivity index (χ1n) is 4.77. The molecule has 0 aromatic carbocycles. The van der Waals surface area contributed by atoms with Crippen molar-refractivity contribution in [1.29, 1.82) is 0 Å². The molecule has 0 saturated carbocycles. The fourth-order valence-corrected chi connectivity index (χ4v) is 2.66. The highest BCUT2D eigenvalue weighted by atomic mass is 32.1. The van der Waals surface area contributed by atoms with E-state index in [-0.39, 0.29) is 11.8 Å². The number of likely N-dealkylation sites (N-methyl/N-ethyl adjacent to an activating group) is 1. The first kappa shape index (κ1) is 11.2. The third kappa shape index (κ3) is 2.12. The second kappa shape index (κ2) is 4.71. The van der Waals surface area contributed by atoms with Gasteiger partial charge in [0, 0.05) is 11.9 Å². The molecule has 2 rings (SSSR count). The van der Waals surface area contributed by atoms with Crippen molar-refractivity contribution < 1.29 is 4.79 Å². The number of rotatable bonds is 3. The standard InChI is InChI=1S/C10H11N3OS2/c1-7(8-4-3-5-15-8)9(14)13(2)10-12-11-6-16-10/h3-7H,1-2H3/t7-/m0/s1. The van der Waals surface area contributed by atoms with Crippen LogP contribution in [0.1, 0.15) is 17.7 Å². The van der Waals surface area contributed by atoms with Crippen molar-refractivity contribution in [2.75, 3.05) is 11.9 Å². The predicted molar refractivity (Wildman–Crippen MR) is 66.1 cm³/mol. The number of amides is 1. The lowest BCUT2D eigenvalue weighted by atomic mass is 10.1. The molecular formula is C10H11N3OS2. The largest absolute Gasteiger partial charge is 0.289 e. The third-order valence-electron chi connectivity index (χ3n) is 2.31. The van der Waals surface area contributed by atoms with E-state index in [1.54, 1.807) is 28.8 Å². The fraction of sp³-hybridized carbons (Fsp3) is 0.300. The van der Waals surface area contributed by atoms with E-state index < -0.39 is 0 Å². The quantitative estimate of drug-likeness (QED) is 0.843. The van der Waals surface area contributed by atoms with E-state index in [1.807, 2.05) is 24.4 Å². The summed E-state index contributed by atoms with van der Waals surface area (Å²) in [7, 11) is 1.73. The van der Waals surface area contributed by atoms with E-state index >= 15 is 0 Å². The van der Waals surface area contributed by atoms with E-state index in [9.17, 15) is 4.79 Å². The summed E-state index contributed by atoms with van der Waals surface area (Å²) >= 11 is 2.95. The van der Waals surface area contributed by atoms with E-state index in [1.165, 1.54) is 11.3 Å². The van der Waals surface area contributed by atoms with Crippen LogP contribution in [0.25, 0.3) is 0 Å². The normalized spacial score (nSPS) is 12.4. The number of aromatic nitrogens is 2. The number of carbonyl (C=O) groups excluding carboxylic acids is 1. The topological polar surface area (TPSA) is 46.1 Å². The Kier molecular flexibility index (Phi) is 3.31. The lowest BCUT2D eigenvalue weighted by molar-refractivity contribution is -0.119. The van der Waals surface area contributed by atoms with Crippen molar-refractivity contribution in [3.8, 4) is 0 Å². The average molecular weight is 253 g/mol. The molecule has 0 bridgehead atoms. The molecule has 0 aliphatic rings. The number of anilines is 1. The lowest BCUT2D eigenvalue weighted by Crippen LogP contribution is -2.30. The first-order chi connectivity index (χ1) is 7.70. The van der Waals surface area contributed by atoms with Crippen molar-refractivity contribution in [1.82, 2.24) is 10.2 Å². The molecule has 0 spiro atoms. The number of hydrogen-bond donors (Lipinski definition) is 0. The lowest BCUT2D eigenvalue weighted by Gasteiger charge is -2.17. The number of nitrogens with zero attached hydrogens (tertiary/aromatic N) is 3. The fourth-order valence-electron chi connectivity index (χ4n) is 1.36. The summed E-state index contributed by atoms with van der Waals surface area (Å²) in [5.41, 5.74) is 1.62. The second-order valence-electron chi connectivity index (χ2n) is 3.36. The van der Waals surface area contributed by atoms with E-state index in [0.29, 0.717) is 5.13 Å². The molecule has 84 valence electrons. The van der Waals surface area contributed by atoms with Crippen LogP contribution >= 0.6 is 22.7 Å². The van der Waals surface area contributed by atoms with Crippen LogP contribution in [0.3, 0.4) is 0 Å². The molecule has 2 heterocycles. The molecule has 1 amide bonds. The van der Waals surface area contributed by atoms with Gasteiger partial charge in [0.05, 0.1) is 5.92 Å². The predicted octanol–water partition coefficient (Wildman–Crippen LogP) is 2.37. The monoisotopic (exact) mass is 253 g/mol. The van der Waals surface area contributed by atoms with E-state index in [4.69, 9.17) is 0 Å². The Morgan fingerprint density at radius 3 is 2.88 bits per heavy atom. The molecule has 0 saturated heterocycles. The highest BCUT2D eigenvalue weighted by Gasteiger charge is 2.22. The molecule has 0 fully saturated rings. The maximum atomic E-state index is 12.1. The van der Waals surface area contributed by atoms with Crippen LogP contribution in [0.2, 0.25) is 0 Å². The molecule has 0 unspecified atom stereocenters. The molecule has 0 radical (unpaired) electrons. The van der Waals surface area contributed by atoms with E-state index in [0.717, 1.165) is 4.88 Å². The van der Waals surface area contributed by atoms with Crippen molar-refractivity contribution in [3.63, 3.8) is 0 Å². The Balaban J connectivity index is 2.14. The van der Waals surface area contributed by atoms with Gasteiger partial charge in [-0.3, -0.25) is 9.69 Å². The number of carbonyl (C=O) groups is 1. The van der Waals surface area contributed by atoms with Gasteiger partial charge in [-0.2, -0.15) is 0 Å².